The maximum atomic E-state index is 11.9. The number of carbonyl (C=O) groups is 2. The molecule has 0 aliphatic heterocycles. The number of pyridine rings is 1. The Hall–Kier alpha value is -3.35. The lowest BCUT2D eigenvalue weighted by molar-refractivity contribution is -0.115. The SMILES string of the molecule is O=C(CNC(=O)OCc1ccccc1)Nc1ccn2nccc2c1. The molecule has 0 radical (unpaired) electrons. The molecule has 7 heteroatoms. The lowest BCUT2D eigenvalue weighted by atomic mass is 10.2. The molecule has 122 valence electrons. The van der Waals surface area contributed by atoms with Crippen LogP contribution in [0.4, 0.5) is 10.5 Å². The van der Waals surface area contributed by atoms with E-state index in [0.717, 1.165) is 11.1 Å². The van der Waals surface area contributed by atoms with Gasteiger partial charge in [-0.2, -0.15) is 5.10 Å². The first kappa shape index (κ1) is 15.5. The van der Waals surface area contributed by atoms with Gasteiger partial charge in [0.05, 0.1) is 5.52 Å². The van der Waals surface area contributed by atoms with Crippen LogP contribution in [0, 0.1) is 0 Å². The highest BCUT2D eigenvalue weighted by Gasteiger charge is 2.07. The van der Waals surface area contributed by atoms with Crippen molar-refractivity contribution in [3.05, 3.63) is 66.5 Å². The van der Waals surface area contributed by atoms with Crippen LogP contribution in [0.25, 0.3) is 5.52 Å². The number of ether oxygens (including phenoxy) is 1. The zero-order valence-corrected chi connectivity index (χ0v) is 12.8. The molecule has 2 amide bonds. The Kier molecular flexibility index (Phi) is 4.71. The van der Waals surface area contributed by atoms with Crippen LogP contribution in [0.2, 0.25) is 0 Å². The number of hydrogen-bond acceptors (Lipinski definition) is 4. The molecule has 7 nitrogen and oxygen atoms in total. The number of aromatic nitrogens is 2. The lowest BCUT2D eigenvalue weighted by Gasteiger charge is -2.08. The second-order valence-electron chi connectivity index (χ2n) is 5.08. The average Bonchev–Trinajstić information content (AvgIpc) is 3.07. The van der Waals surface area contributed by atoms with E-state index in [1.807, 2.05) is 36.4 Å². The van der Waals surface area contributed by atoms with Crippen LogP contribution in [-0.4, -0.2) is 28.2 Å². The van der Waals surface area contributed by atoms with Crippen LogP contribution < -0.4 is 10.6 Å². The summed E-state index contributed by atoms with van der Waals surface area (Å²) >= 11 is 0. The molecular formula is C17H16N4O3. The van der Waals surface area contributed by atoms with Crippen molar-refractivity contribution in [2.24, 2.45) is 0 Å². The Labute approximate surface area is 138 Å². The van der Waals surface area contributed by atoms with Crippen molar-refractivity contribution in [2.75, 3.05) is 11.9 Å². The van der Waals surface area contributed by atoms with E-state index in [9.17, 15) is 9.59 Å². The van der Waals surface area contributed by atoms with E-state index in [1.165, 1.54) is 0 Å². The zero-order valence-electron chi connectivity index (χ0n) is 12.8. The van der Waals surface area contributed by atoms with Crippen molar-refractivity contribution in [1.82, 2.24) is 14.9 Å². The van der Waals surface area contributed by atoms with Crippen LogP contribution in [-0.2, 0) is 16.1 Å². The second kappa shape index (κ2) is 7.28. The molecule has 3 aromatic rings. The van der Waals surface area contributed by atoms with E-state index >= 15 is 0 Å². The number of alkyl carbamates (subject to hydrolysis) is 1. The Bertz CT molecular complexity index is 845. The summed E-state index contributed by atoms with van der Waals surface area (Å²) in [5.74, 6) is -0.337. The monoisotopic (exact) mass is 324 g/mol. The van der Waals surface area contributed by atoms with Crippen LogP contribution >= 0.6 is 0 Å². The summed E-state index contributed by atoms with van der Waals surface area (Å²) in [6.07, 6.45) is 2.78. The molecule has 3 rings (SSSR count). The van der Waals surface area contributed by atoms with Gasteiger partial charge in [-0.3, -0.25) is 4.79 Å². The molecule has 0 saturated heterocycles. The number of hydrogen-bond donors (Lipinski definition) is 2. The first-order chi connectivity index (χ1) is 11.7. The molecular weight excluding hydrogens is 308 g/mol. The predicted octanol–water partition coefficient (Wildman–Crippen LogP) is 2.20. The Balaban J connectivity index is 1.44. The summed E-state index contributed by atoms with van der Waals surface area (Å²) in [5.41, 5.74) is 2.38. The van der Waals surface area contributed by atoms with Crippen molar-refractivity contribution in [3.63, 3.8) is 0 Å². The Morgan fingerprint density at radius 1 is 1.12 bits per heavy atom. The Morgan fingerprint density at radius 2 is 1.96 bits per heavy atom. The number of amides is 2. The fraction of sp³-hybridized carbons (Fsp3) is 0.118. The number of benzene rings is 1. The molecule has 2 heterocycles. The largest absolute Gasteiger partial charge is 0.445 e. The van der Waals surface area contributed by atoms with E-state index in [2.05, 4.69) is 15.7 Å². The van der Waals surface area contributed by atoms with Crippen molar-refractivity contribution < 1.29 is 14.3 Å². The summed E-state index contributed by atoms with van der Waals surface area (Å²) < 4.78 is 6.72. The molecule has 0 bridgehead atoms. The molecule has 0 fully saturated rings. The van der Waals surface area contributed by atoms with Crippen LogP contribution in [0.15, 0.2) is 60.9 Å². The van der Waals surface area contributed by atoms with Gasteiger partial charge in [0.2, 0.25) is 5.91 Å². The van der Waals surface area contributed by atoms with Crippen molar-refractivity contribution in [1.29, 1.82) is 0 Å². The van der Waals surface area contributed by atoms with Gasteiger partial charge in [0.15, 0.2) is 0 Å². The molecule has 0 unspecified atom stereocenters. The smallest absolute Gasteiger partial charge is 0.407 e. The van der Waals surface area contributed by atoms with Gasteiger partial charge in [-0.15, -0.1) is 0 Å². The van der Waals surface area contributed by atoms with Gasteiger partial charge in [0.25, 0.3) is 0 Å². The quantitative estimate of drug-likeness (QED) is 0.753. The maximum Gasteiger partial charge on any atom is 0.407 e. The summed E-state index contributed by atoms with van der Waals surface area (Å²) in [4.78, 5) is 23.5. The number of nitrogens with zero attached hydrogens (tertiary/aromatic N) is 2. The molecule has 0 saturated carbocycles. The van der Waals surface area contributed by atoms with Gasteiger partial charge >= 0.3 is 6.09 Å². The number of carbonyl (C=O) groups excluding carboxylic acids is 2. The highest BCUT2D eigenvalue weighted by atomic mass is 16.5. The standard InChI is InChI=1S/C17H16N4O3/c22-16(20-14-7-9-21-15(10-14)6-8-19-21)11-18-17(23)24-12-13-4-2-1-3-5-13/h1-10H,11-12H2,(H,18,23)(H,20,22). The minimum Gasteiger partial charge on any atom is -0.445 e. The Morgan fingerprint density at radius 3 is 2.79 bits per heavy atom. The fourth-order valence-electron chi connectivity index (χ4n) is 2.13. The highest BCUT2D eigenvalue weighted by molar-refractivity contribution is 5.94. The average molecular weight is 324 g/mol. The third-order valence-electron chi connectivity index (χ3n) is 3.29. The molecule has 2 aromatic heterocycles. The lowest BCUT2D eigenvalue weighted by Crippen LogP contribution is -2.33. The molecule has 0 aliphatic rings. The van der Waals surface area contributed by atoms with E-state index in [1.54, 1.807) is 29.0 Å². The van der Waals surface area contributed by atoms with Crippen LogP contribution in [0.1, 0.15) is 5.56 Å². The van der Waals surface area contributed by atoms with Gasteiger partial charge < -0.3 is 15.4 Å². The number of fused-ring (bicyclic) bond motifs is 1. The molecule has 2 N–H and O–H groups in total. The van der Waals surface area contributed by atoms with Crippen molar-refractivity contribution >= 4 is 23.2 Å². The first-order valence-corrected chi connectivity index (χ1v) is 7.38. The van der Waals surface area contributed by atoms with Crippen LogP contribution in [0.3, 0.4) is 0 Å². The fourth-order valence-corrected chi connectivity index (χ4v) is 2.13. The summed E-state index contributed by atoms with van der Waals surface area (Å²) in [6.45, 7) is -0.00969. The topological polar surface area (TPSA) is 84.7 Å². The van der Waals surface area contributed by atoms with Gasteiger partial charge in [-0.05, 0) is 23.8 Å². The summed E-state index contributed by atoms with van der Waals surface area (Å²) in [7, 11) is 0. The summed E-state index contributed by atoms with van der Waals surface area (Å²) in [6, 6.07) is 14.7. The van der Waals surface area contributed by atoms with Gasteiger partial charge in [-0.25, -0.2) is 9.31 Å². The van der Waals surface area contributed by atoms with Crippen molar-refractivity contribution in [2.45, 2.75) is 6.61 Å². The third-order valence-corrected chi connectivity index (χ3v) is 3.29. The normalized spacial score (nSPS) is 10.3. The zero-order chi connectivity index (χ0) is 16.8. The molecule has 0 atom stereocenters. The van der Waals surface area contributed by atoms with E-state index in [4.69, 9.17) is 4.74 Å². The molecule has 0 aliphatic carbocycles. The van der Waals surface area contributed by atoms with Crippen molar-refractivity contribution in [3.8, 4) is 0 Å². The molecule has 0 spiro atoms. The molecule has 1 aromatic carbocycles. The van der Waals surface area contributed by atoms with E-state index in [-0.39, 0.29) is 19.1 Å². The first-order valence-electron chi connectivity index (χ1n) is 7.38. The second-order valence-corrected chi connectivity index (χ2v) is 5.08. The van der Waals surface area contributed by atoms with Crippen LogP contribution in [0.5, 0.6) is 0 Å². The van der Waals surface area contributed by atoms with E-state index in [0.29, 0.717) is 5.69 Å². The van der Waals surface area contributed by atoms with Gasteiger partial charge in [-0.1, -0.05) is 30.3 Å². The number of nitrogens with one attached hydrogen (secondary N) is 2. The summed E-state index contributed by atoms with van der Waals surface area (Å²) in [5, 5.41) is 9.19. The van der Waals surface area contributed by atoms with Gasteiger partial charge in [0.1, 0.15) is 13.2 Å². The van der Waals surface area contributed by atoms with Gasteiger partial charge in [0, 0.05) is 18.1 Å². The van der Waals surface area contributed by atoms with E-state index < -0.39 is 6.09 Å². The number of rotatable bonds is 5. The number of anilines is 1. The molecule has 24 heavy (non-hydrogen) atoms. The minimum absolute atomic E-state index is 0.159. The third kappa shape index (κ3) is 4.10. The predicted molar refractivity (Wildman–Crippen MR) is 88.5 cm³/mol. The highest BCUT2D eigenvalue weighted by Crippen LogP contribution is 2.10. The minimum atomic E-state index is -0.639. The maximum absolute atomic E-state index is 11.9.